The lowest BCUT2D eigenvalue weighted by atomic mass is 10.1. The zero-order valence-corrected chi connectivity index (χ0v) is 18.6. The highest BCUT2D eigenvalue weighted by Crippen LogP contribution is 2.15. The lowest BCUT2D eigenvalue weighted by molar-refractivity contribution is -0.115. The quantitative estimate of drug-likeness (QED) is 0.396. The number of amides is 1. The Labute approximate surface area is 195 Å². The third-order valence-corrected chi connectivity index (χ3v) is 5.81. The third-order valence-electron chi connectivity index (χ3n) is 5.81. The Balaban J connectivity index is 1.33. The maximum atomic E-state index is 13.1. The van der Waals surface area contributed by atoms with E-state index in [1.54, 1.807) is 53.3 Å². The van der Waals surface area contributed by atoms with Crippen LogP contribution >= 0.6 is 0 Å². The normalized spacial score (nSPS) is 11.1. The molecule has 0 aliphatic heterocycles. The zero-order chi connectivity index (χ0) is 23.7. The number of imidazole rings is 1. The van der Waals surface area contributed by atoms with Crippen molar-refractivity contribution in [3.63, 3.8) is 0 Å². The van der Waals surface area contributed by atoms with Gasteiger partial charge in [0.25, 0.3) is 5.56 Å². The van der Waals surface area contributed by atoms with Crippen LogP contribution in [0.1, 0.15) is 21.5 Å². The number of nitrogens with one attached hydrogen (secondary N) is 1. The summed E-state index contributed by atoms with van der Waals surface area (Å²) in [6, 6.07) is 21.8. The first-order valence-electron chi connectivity index (χ1n) is 10.9. The van der Waals surface area contributed by atoms with E-state index in [1.807, 2.05) is 43.3 Å². The Morgan fingerprint density at radius 1 is 0.941 bits per heavy atom. The van der Waals surface area contributed by atoms with Crippen LogP contribution in [0.15, 0.2) is 90.1 Å². The third kappa shape index (κ3) is 4.11. The number of para-hydroxylation sites is 1. The Morgan fingerprint density at radius 3 is 2.44 bits per heavy atom. The van der Waals surface area contributed by atoms with E-state index in [4.69, 9.17) is 0 Å². The van der Waals surface area contributed by atoms with Gasteiger partial charge in [0, 0.05) is 11.3 Å². The minimum absolute atomic E-state index is 0.113. The average Bonchev–Trinajstić information content (AvgIpc) is 3.34. The number of aromatic nitrogens is 3. The van der Waals surface area contributed by atoms with Crippen LogP contribution in [-0.4, -0.2) is 25.6 Å². The molecule has 0 saturated carbocycles. The molecule has 5 aromatic rings. The monoisotopic (exact) mass is 450 g/mol. The van der Waals surface area contributed by atoms with Crippen molar-refractivity contribution in [3.05, 3.63) is 112 Å². The number of aryl methyl sites for hydroxylation is 1. The molecule has 7 heteroatoms. The molecule has 2 heterocycles. The SMILES string of the molecule is Cc1ccc(CC(=O)Nc2ccc(C(=O)Cn3c(=O)c4ccccc4n4cncc34)cc2)cc1. The number of benzene rings is 3. The number of fused-ring (bicyclic) bond motifs is 3. The first-order valence-corrected chi connectivity index (χ1v) is 10.9. The van der Waals surface area contributed by atoms with Gasteiger partial charge in [-0.1, -0.05) is 42.0 Å². The van der Waals surface area contributed by atoms with Crippen molar-refractivity contribution in [3.8, 4) is 0 Å². The number of anilines is 1. The number of hydrogen-bond acceptors (Lipinski definition) is 4. The van der Waals surface area contributed by atoms with E-state index in [0.29, 0.717) is 22.3 Å². The predicted octanol–water partition coefficient (Wildman–Crippen LogP) is 4.02. The van der Waals surface area contributed by atoms with Crippen LogP contribution in [0, 0.1) is 6.92 Å². The number of Topliss-reactive ketones (excluding diaryl/α,β-unsaturated/α-hetero) is 1. The highest BCUT2D eigenvalue weighted by atomic mass is 16.2. The minimum atomic E-state index is -0.239. The summed E-state index contributed by atoms with van der Waals surface area (Å²) in [5.74, 6) is -0.341. The molecule has 0 aliphatic carbocycles. The predicted molar refractivity (Wildman–Crippen MR) is 131 cm³/mol. The molecular weight excluding hydrogens is 428 g/mol. The second-order valence-corrected chi connectivity index (χ2v) is 8.24. The summed E-state index contributed by atoms with van der Waals surface area (Å²) >= 11 is 0. The lowest BCUT2D eigenvalue weighted by Crippen LogP contribution is -2.26. The number of carbonyl (C=O) groups is 2. The van der Waals surface area contributed by atoms with Gasteiger partial charge in [-0.25, -0.2) is 4.98 Å². The fraction of sp³-hybridized carbons (Fsp3) is 0.111. The second kappa shape index (κ2) is 8.78. The van der Waals surface area contributed by atoms with Gasteiger partial charge in [0.05, 0.1) is 30.1 Å². The van der Waals surface area contributed by atoms with Crippen LogP contribution in [-0.2, 0) is 17.8 Å². The molecule has 1 amide bonds. The molecule has 0 saturated heterocycles. The Kier molecular flexibility index (Phi) is 5.51. The molecular formula is C27H22N4O3. The number of rotatable bonds is 6. The van der Waals surface area contributed by atoms with Gasteiger partial charge in [-0.05, 0) is 48.9 Å². The first kappa shape index (κ1) is 21.3. The molecule has 1 N–H and O–H groups in total. The molecule has 7 nitrogen and oxygen atoms in total. The summed E-state index contributed by atoms with van der Waals surface area (Å²) < 4.78 is 3.24. The van der Waals surface area contributed by atoms with Crippen molar-refractivity contribution in [1.82, 2.24) is 14.0 Å². The van der Waals surface area contributed by atoms with E-state index in [0.717, 1.165) is 16.6 Å². The van der Waals surface area contributed by atoms with Gasteiger partial charge >= 0.3 is 0 Å². The van der Waals surface area contributed by atoms with Crippen LogP contribution in [0.2, 0.25) is 0 Å². The van der Waals surface area contributed by atoms with Crippen molar-refractivity contribution in [1.29, 1.82) is 0 Å². The smallest absolute Gasteiger partial charge is 0.262 e. The van der Waals surface area contributed by atoms with Crippen LogP contribution in [0.25, 0.3) is 16.6 Å². The van der Waals surface area contributed by atoms with Gasteiger partial charge in [0.15, 0.2) is 5.78 Å². The van der Waals surface area contributed by atoms with E-state index in [2.05, 4.69) is 10.3 Å². The van der Waals surface area contributed by atoms with E-state index >= 15 is 0 Å². The largest absolute Gasteiger partial charge is 0.326 e. The summed E-state index contributed by atoms with van der Waals surface area (Å²) in [5, 5.41) is 3.37. The number of nitrogens with zero attached hydrogens (tertiary/aromatic N) is 3. The molecule has 0 bridgehead atoms. The van der Waals surface area contributed by atoms with Gasteiger partial charge < -0.3 is 5.32 Å². The summed E-state index contributed by atoms with van der Waals surface area (Å²) in [4.78, 5) is 42.6. The Morgan fingerprint density at radius 2 is 1.68 bits per heavy atom. The fourth-order valence-corrected chi connectivity index (χ4v) is 4.01. The standard InChI is InChI=1S/C27H22N4O3/c1-18-6-8-19(9-7-18)14-25(33)29-21-12-10-20(11-13-21)24(32)16-30-26-15-28-17-31(26)23-5-3-2-4-22(23)27(30)34/h2-13,15,17H,14,16H2,1H3,(H,29,33). The van der Waals surface area contributed by atoms with Gasteiger partial charge in [0.1, 0.15) is 12.0 Å². The average molecular weight is 450 g/mol. The Hall–Kier alpha value is -4.52. The van der Waals surface area contributed by atoms with Crippen LogP contribution in [0.5, 0.6) is 0 Å². The van der Waals surface area contributed by atoms with E-state index in [9.17, 15) is 14.4 Å². The molecule has 0 unspecified atom stereocenters. The zero-order valence-electron chi connectivity index (χ0n) is 18.6. The van der Waals surface area contributed by atoms with Crippen molar-refractivity contribution >= 4 is 33.9 Å². The van der Waals surface area contributed by atoms with Crippen molar-refractivity contribution in [2.45, 2.75) is 19.9 Å². The minimum Gasteiger partial charge on any atom is -0.326 e. The number of carbonyl (C=O) groups excluding carboxylic acids is 2. The molecule has 0 spiro atoms. The lowest BCUT2D eigenvalue weighted by Gasteiger charge is -2.11. The molecule has 3 aromatic carbocycles. The van der Waals surface area contributed by atoms with Crippen LogP contribution in [0.3, 0.4) is 0 Å². The van der Waals surface area contributed by atoms with Crippen LogP contribution < -0.4 is 10.9 Å². The van der Waals surface area contributed by atoms with E-state index in [1.165, 1.54) is 4.57 Å². The Bertz CT molecular complexity index is 1580. The molecule has 0 radical (unpaired) electrons. The summed E-state index contributed by atoms with van der Waals surface area (Å²) in [5.41, 5.74) is 4.19. The van der Waals surface area contributed by atoms with Gasteiger partial charge in [-0.2, -0.15) is 0 Å². The van der Waals surface area contributed by atoms with Gasteiger partial charge in [-0.3, -0.25) is 23.4 Å². The van der Waals surface area contributed by atoms with E-state index < -0.39 is 0 Å². The molecule has 34 heavy (non-hydrogen) atoms. The maximum absolute atomic E-state index is 13.1. The molecule has 0 atom stereocenters. The van der Waals surface area contributed by atoms with E-state index in [-0.39, 0.29) is 30.2 Å². The van der Waals surface area contributed by atoms with Crippen molar-refractivity contribution < 1.29 is 9.59 Å². The molecule has 0 aliphatic rings. The first-order chi connectivity index (χ1) is 16.5. The summed E-state index contributed by atoms with van der Waals surface area (Å²) in [7, 11) is 0. The highest BCUT2D eigenvalue weighted by molar-refractivity contribution is 5.98. The molecule has 168 valence electrons. The number of ketones is 1. The van der Waals surface area contributed by atoms with Crippen molar-refractivity contribution in [2.24, 2.45) is 0 Å². The van der Waals surface area contributed by atoms with Gasteiger partial charge in [-0.15, -0.1) is 0 Å². The van der Waals surface area contributed by atoms with Gasteiger partial charge in [0.2, 0.25) is 5.91 Å². The fourth-order valence-electron chi connectivity index (χ4n) is 4.01. The van der Waals surface area contributed by atoms with Crippen LogP contribution in [0.4, 0.5) is 5.69 Å². The molecule has 0 fully saturated rings. The molecule has 2 aromatic heterocycles. The molecule has 5 rings (SSSR count). The maximum Gasteiger partial charge on any atom is 0.262 e. The highest BCUT2D eigenvalue weighted by Gasteiger charge is 2.15. The number of hydrogen-bond donors (Lipinski definition) is 1. The second-order valence-electron chi connectivity index (χ2n) is 8.24. The van der Waals surface area contributed by atoms with Crippen molar-refractivity contribution in [2.75, 3.05) is 5.32 Å². The summed E-state index contributed by atoms with van der Waals surface area (Å²) in [6.45, 7) is 1.89. The summed E-state index contributed by atoms with van der Waals surface area (Å²) in [6.07, 6.45) is 3.48. The topological polar surface area (TPSA) is 85.5 Å².